The molecule has 1 aromatic carbocycles. The fraction of sp³-hybridized carbons (Fsp3) is 0.538. The molecule has 8 nitrogen and oxygen atoms in total. The lowest BCUT2D eigenvalue weighted by Crippen LogP contribution is -2.78. The Balaban J connectivity index is 1.05. The number of hydrogen-bond donors (Lipinski definition) is 0. The Morgan fingerprint density at radius 3 is 2.34 bits per heavy atom. The van der Waals surface area contributed by atoms with Crippen LogP contribution in [0.25, 0.3) is 5.69 Å². The molecular weight excluding hydrogens is 517 g/mol. The summed E-state index contributed by atoms with van der Waals surface area (Å²) in [7, 11) is 0. The highest BCUT2D eigenvalue weighted by Gasteiger charge is 2.80. The van der Waals surface area contributed by atoms with Crippen LogP contribution in [0.5, 0.6) is 0 Å². The molecule has 2 saturated heterocycles. The van der Waals surface area contributed by atoms with E-state index in [0.29, 0.717) is 18.1 Å². The van der Waals surface area contributed by atoms with Crippen molar-refractivity contribution in [1.82, 2.24) is 29.6 Å². The lowest BCUT2D eigenvalue weighted by molar-refractivity contribution is -0.364. The minimum absolute atomic E-state index is 0.163. The molecule has 2 aromatic heterocycles. The normalized spacial score (nSPS) is 29.0. The second-order valence-corrected chi connectivity index (χ2v) is 12.5. The molecule has 9 rings (SSSR count). The monoisotopic (exact) mass is 542 g/mol. The maximum absolute atomic E-state index is 13.6. The average Bonchev–Trinajstić information content (AvgIpc) is 3.06. The van der Waals surface area contributed by atoms with Crippen molar-refractivity contribution >= 4 is 23.4 Å². The first-order valence-corrected chi connectivity index (χ1v) is 13.3. The van der Waals surface area contributed by atoms with E-state index in [1.54, 1.807) is 12.4 Å². The van der Waals surface area contributed by atoms with Crippen molar-refractivity contribution in [3.63, 3.8) is 0 Å². The first-order chi connectivity index (χ1) is 18.1. The number of hydrogen-bond acceptors (Lipinski definition) is 7. The molecular formula is C26H26ClF3N8. The minimum Gasteiger partial charge on any atom is -0.354 e. The Kier molecular flexibility index (Phi) is 4.35. The standard InChI is InChI=1S/C26H26ClF3N8/c1-16-21(32-5-4-31-16)35-12-23(13-35)14-36(15-23)22-34-33-20-8-37(25-9-24(10-25,11-25)26(28,29)30)7-17-6-18(27)2-3-19(17)38(20)22/h2-6H,7-15H2,1H3. The number of aromatic nitrogens is 5. The van der Waals surface area contributed by atoms with Gasteiger partial charge in [-0.3, -0.25) is 14.5 Å². The molecule has 6 aliphatic rings. The minimum atomic E-state index is -4.13. The van der Waals surface area contributed by atoms with Crippen molar-refractivity contribution in [3.8, 4) is 5.69 Å². The van der Waals surface area contributed by atoms with E-state index in [4.69, 9.17) is 11.6 Å². The summed E-state index contributed by atoms with van der Waals surface area (Å²) < 4.78 is 42.8. The highest BCUT2D eigenvalue weighted by atomic mass is 35.5. The van der Waals surface area contributed by atoms with Gasteiger partial charge in [0.2, 0.25) is 5.95 Å². The molecule has 0 N–H and O–H groups in total. The summed E-state index contributed by atoms with van der Waals surface area (Å²) in [4.78, 5) is 15.6. The van der Waals surface area contributed by atoms with Gasteiger partial charge in [0.25, 0.3) is 0 Å². The van der Waals surface area contributed by atoms with E-state index in [2.05, 4.69) is 39.4 Å². The first kappa shape index (κ1) is 23.0. The van der Waals surface area contributed by atoms with Gasteiger partial charge in [-0.1, -0.05) is 11.6 Å². The second kappa shape index (κ2) is 7.18. The van der Waals surface area contributed by atoms with Gasteiger partial charge in [0.1, 0.15) is 5.82 Å². The van der Waals surface area contributed by atoms with Gasteiger partial charge < -0.3 is 9.80 Å². The van der Waals surface area contributed by atoms with Crippen LogP contribution in [0.15, 0.2) is 30.6 Å². The molecule has 3 saturated carbocycles. The number of anilines is 2. The molecule has 2 bridgehead atoms. The van der Waals surface area contributed by atoms with E-state index in [0.717, 1.165) is 60.7 Å². The largest absolute Gasteiger partial charge is 0.394 e. The SMILES string of the molecule is Cc1nccnc1N1CC2(C1)CN(c1nnc3n1-c1ccc(Cl)cc1CN(C14CC(C(F)(F)F)(C1)C4)C3)C2. The molecule has 0 amide bonds. The van der Waals surface area contributed by atoms with Crippen molar-refractivity contribution in [2.24, 2.45) is 10.8 Å². The quantitative estimate of drug-likeness (QED) is 0.493. The topological polar surface area (TPSA) is 66.2 Å². The lowest BCUT2D eigenvalue weighted by Gasteiger charge is -2.73. The maximum atomic E-state index is 13.6. The van der Waals surface area contributed by atoms with Crippen LogP contribution in [0, 0.1) is 17.8 Å². The van der Waals surface area contributed by atoms with E-state index in [1.165, 1.54) is 0 Å². The average molecular weight is 543 g/mol. The van der Waals surface area contributed by atoms with Crippen LogP contribution in [0.3, 0.4) is 0 Å². The third kappa shape index (κ3) is 2.97. The van der Waals surface area contributed by atoms with Crippen molar-refractivity contribution in [1.29, 1.82) is 0 Å². The molecule has 38 heavy (non-hydrogen) atoms. The number of alkyl halides is 3. The summed E-state index contributed by atoms with van der Waals surface area (Å²) in [5.74, 6) is 2.49. The van der Waals surface area contributed by atoms with Gasteiger partial charge in [0, 0.05) is 61.1 Å². The highest BCUT2D eigenvalue weighted by Crippen LogP contribution is 2.75. The Bertz CT molecular complexity index is 1450. The molecule has 1 spiro atoms. The molecule has 3 aromatic rings. The van der Waals surface area contributed by atoms with Gasteiger partial charge in [0.05, 0.1) is 23.3 Å². The van der Waals surface area contributed by atoms with Crippen LogP contribution in [-0.2, 0) is 13.1 Å². The zero-order valence-electron chi connectivity index (χ0n) is 20.8. The van der Waals surface area contributed by atoms with Crippen LogP contribution in [0.1, 0.15) is 36.3 Å². The van der Waals surface area contributed by atoms with Crippen LogP contribution in [-0.4, -0.2) is 67.5 Å². The number of aryl methyl sites for hydroxylation is 1. The van der Waals surface area contributed by atoms with Gasteiger partial charge in [-0.05, 0) is 49.9 Å². The summed E-state index contributed by atoms with van der Waals surface area (Å²) in [5.41, 5.74) is 1.15. The highest BCUT2D eigenvalue weighted by molar-refractivity contribution is 6.30. The molecule has 5 heterocycles. The summed E-state index contributed by atoms with van der Waals surface area (Å²) in [5, 5.41) is 9.76. The lowest BCUT2D eigenvalue weighted by atomic mass is 9.38. The van der Waals surface area contributed by atoms with Crippen LogP contribution < -0.4 is 9.80 Å². The van der Waals surface area contributed by atoms with E-state index in [9.17, 15) is 13.2 Å². The van der Waals surface area contributed by atoms with Gasteiger partial charge >= 0.3 is 6.18 Å². The fourth-order valence-electron chi connectivity index (χ4n) is 7.63. The molecule has 0 atom stereocenters. The third-order valence-corrected chi connectivity index (χ3v) is 9.74. The zero-order valence-corrected chi connectivity index (χ0v) is 21.6. The zero-order chi connectivity index (χ0) is 26.1. The Morgan fingerprint density at radius 1 is 0.921 bits per heavy atom. The molecule has 0 unspecified atom stereocenters. The molecule has 12 heteroatoms. The van der Waals surface area contributed by atoms with Gasteiger partial charge in [-0.2, -0.15) is 13.2 Å². The maximum Gasteiger partial charge on any atom is 0.394 e. The summed E-state index contributed by atoms with van der Waals surface area (Å²) in [6.45, 7) is 6.57. The molecule has 3 aliphatic carbocycles. The summed E-state index contributed by atoms with van der Waals surface area (Å²) in [6.07, 6.45) is -0.199. The van der Waals surface area contributed by atoms with Crippen LogP contribution in [0.2, 0.25) is 5.02 Å². The molecule has 198 valence electrons. The van der Waals surface area contributed by atoms with Crippen LogP contribution in [0.4, 0.5) is 24.9 Å². The van der Waals surface area contributed by atoms with Crippen molar-refractivity contribution in [2.75, 3.05) is 36.0 Å². The van der Waals surface area contributed by atoms with E-state index in [1.807, 2.05) is 25.1 Å². The van der Waals surface area contributed by atoms with Crippen LogP contribution >= 0.6 is 11.6 Å². The number of benzene rings is 1. The van der Waals surface area contributed by atoms with Crippen molar-refractivity contribution in [3.05, 3.63) is 52.7 Å². The number of fused-ring (bicyclic) bond motifs is 3. The second-order valence-electron chi connectivity index (χ2n) is 12.1. The van der Waals surface area contributed by atoms with Gasteiger partial charge in [0.15, 0.2) is 5.82 Å². The van der Waals surface area contributed by atoms with E-state index >= 15 is 0 Å². The summed E-state index contributed by atoms with van der Waals surface area (Å²) in [6, 6.07) is 5.76. The number of halogens is 4. The smallest absolute Gasteiger partial charge is 0.354 e. The van der Waals surface area contributed by atoms with Gasteiger partial charge in [-0.25, -0.2) is 4.98 Å². The van der Waals surface area contributed by atoms with E-state index in [-0.39, 0.29) is 24.7 Å². The first-order valence-electron chi connectivity index (χ1n) is 12.9. The molecule has 0 radical (unpaired) electrons. The predicted molar refractivity (Wildman–Crippen MR) is 134 cm³/mol. The third-order valence-electron chi connectivity index (χ3n) is 9.51. The Morgan fingerprint density at radius 2 is 1.63 bits per heavy atom. The summed E-state index contributed by atoms with van der Waals surface area (Å²) >= 11 is 6.38. The molecule has 5 fully saturated rings. The Labute approximate surface area is 222 Å². The van der Waals surface area contributed by atoms with Gasteiger partial charge in [-0.15, -0.1) is 10.2 Å². The van der Waals surface area contributed by atoms with Crippen molar-refractivity contribution < 1.29 is 13.2 Å². The fourth-order valence-corrected chi connectivity index (χ4v) is 7.82. The predicted octanol–water partition coefficient (Wildman–Crippen LogP) is 4.15. The van der Waals surface area contributed by atoms with E-state index < -0.39 is 17.1 Å². The Hall–Kier alpha value is -2.92. The number of rotatable bonds is 3. The molecule has 3 aliphatic heterocycles. The van der Waals surface area contributed by atoms with Crippen molar-refractivity contribution in [2.45, 2.75) is 51.0 Å². The number of nitrogens with zero attached hydrogens (tertiary/aromatic N) is 8.